The van der Waals surface area contributed by atoms with Gasteiger partial charge in [-0.1, -0.05) is 39.7 Å². The van der Waals surface area contributed by atoms with E-state index in [1.807, 2.05) is 25.1 Å². The molecule has 0 spiro atoms. The van der Waals surface area contributed by atoms with Gasteiger partial charge in [0.05, 0.1) is 11.0 Å². The third-order valence-electron chi connectivity index (χ3n) is 3.64. The van der Waals surface area contributed by atoms with Crippen molar-refractivity contribution in [1.82, 2.24) is 0 Å². The van der Waals surface area contributed by atoms with Crippen LogP contribution >= 0.6 is 15.9 Å². The van der Waals surface area contributed by atoms with Crippen molar-refractivity contribution in [3.05, 3.63) is 63.6 Å². The van der Waals surface area contributed by atoms with Crippen molar-refractivity contribution in [1.29, 1.82) is 0 Å². The van der Waals surface area contributed by atoms with Crippen LogP contribution < -0.4 is 0 Å². The smallest absolute Gasteiger partial charge is 0.262 e. The molecule has 0 saturated heterocycles. The highest BCUT2D eigenvalue weighted by atomic mass is 79.9. The lowest BCUT2D eigenvalue weighted by Crippen LogP contribution is -2.18. The Bertz CT molecular complexity index is 767. The molecule has 0 heterocycles. The van der Waals surface area contributed by atoms with Gasteiger partial charge in [0.1, 0.15) is 0 Å². The Kier molecular flexibility index (Phi) is 3.90. The molecule has 1 aliphatic rings. The molecule has 3 rings (SSSR count). The van der Waals surface area contributed by atoms with Crippen LogP contribution in [0.1, 0.15) is 16.7 Å². The minimum absolute atomic E-state index is 0.213. The fourth-order valence-corrected chi connectivity index (χ4v) is 4.04. The van der Waals surface area contributed by atoms with Crippen molar-refractivity contribution in [3.63, 3.8) is 0 Å². The standard InChI is InChI=1S/C16H15BrO3S/c1-11-2-6-16(7-3-11)21(18,19)20-15-9-12-4-5-14(17)8-13(12)10-15/h2-8,15H,9-10H2,1H3. The topological polar surface area (TPSA) is 43.4 Å². The second kappa shape index (κ2) is 5.55. The van der Waals surface area contributed by atoms with Crippen molar-refractivity contribution in [2.24, 2.45) is 0 Å². The Morgan fingerprint density at radius 3 is 2.43 bits per heavy atom. The lowest BCUT2D eigenvalue weighted by atomic mass is 10.1. The maximum atomic E-state index is 12.3. The maximum Gasteiger partial charge on any atom is 0.297 e. The number of fused-ring (bicyclic) bond motifs is 1. The SMILES string of the molecule is Cc1ccc(S(=O)(=O)OC2Cc3ccc(Br)cc3C2)cc1. The predicted octanol–water partition coefficient (Wildman–Crippen LogP) is 3.63. The van der Waals surface area contributed by atoms with E-state index in [2.05, 4.69) is 15.9 Å². The molecular formula is C16H15BrO3S. The molecule has 0 amide bonds. The lowest BCUT2D eigenvalue weighted by Gasteiger charge is -2.11. The molecule has 0 aliphatic heterocycles. The second-order valence-electron chi connectivity index (χ2n) is 5.31. The van der Waals surface area contributed by atoms with E-state index in [1.54, 1.807) is 24.3 Å². The molecule has 1 aliphatic carbocycles. The summed E-state index contributed by atoms with van der Waals surface area (Å²) in [5.41, 5.74) is 3.32. The Balaban J connectivity index is 1.77. The summed E-state index contributed by atoms with van der Waals surface area (Å²) in [5, 5.41) is 0. The van der Waals surface area contributed by atoms with Gasteiger partial charge < -0.3 is 0 Å². The first-order valence-electron chi connectivity index (χ1n) is 6.71. The number of rotatable bonds is 3. The molecule has 2 aromatic rings. The van der Waals surface area contributed by atoms with E-state index in [9.17, 15) is 8.42 Å². The zero-order valence-electron chi connectivity index (χ0n) is 11.5. The lowest BCUT2D eigenvalue weighted by molar-refractivity contribution is 0.221. The third-order valence-corrected chi connectivity index (χ3v) is 5.50. The maximum absolute atomic E-state index is 12.3. The minimum Gasteiger partial charge on any atom is -0.262 e. The van der Waals surface area contributed by atoms with Gasteiger partial charge in [-0.15, -0.1) is 0 Å². The molecule has 0 aromatic heterocycles. The van der Waals surface area contributed by atoms with Crippen LogP contribution in [-0.2, 0) is 27.1 Å². The molecule has 2 aromatic carbocycles. The van der Waals surface area contributed by atoms with E-state index < -0.39 is 10.1 Å². The van der Waals surface area contributed by atoms with Crippen molar-refractivity contribution >= 4 is 26.0 Å². The quantitative estimate of drug-likeness (QED) is 0.779. The van der Waals surface area contributed by atoms with Crippen LogP contribution in [0.4, 0.5) is 0 Å². The largest absolute Gasteiger partial charge is 0.297 e. The average Bonchev–Trinajstić information content (AvgIpc) is 2.79. The number of aryl methyl sites for hydroxylation is 1. The summed E-state index contributed by atoms with van der Waals surface area (Å²) in [6, 6.07) is 12.7. The summed E-state index contributed by atoms with van der Waals surface area (Å²) in [4.78, 5) is 0.213. The average molecular weight is 367 g/mol. The van der Waals surface area contributed by atoms with Crippen molar-refractivity contribution in [2.45, 2.75) is 30.8 Å². The van der Waals surface area contributed by atoms with Gasteiger partial charge in [-0.05, 0) is 42.3 Å². The molecule has 1 atom stereocenters. The van der Waals surface area contributed by atoms with Gasteiger partial charge >= 0.3 is 0 Å². The third kappa shape index (κ3) is 3.20. The summed E-state index contributed by atoms with van der Waals surface area (Å²) in [6.45, 7) is 1.92. The summed E-state index contributed by atoms with van der Waals surface area (Å²) in [6.07, 6.45) is 0.939. The summed E-state index contributed by atoms with van der Waals surface area (Å²) in [7, 11) is -3.70. The van der Waals surface area contributed by atoms with Gasteiger partial charge in [0.15, 0.2) is 0 Å². The van der Waals surface area contributed by atoms with Gasteiger partial charge in [-0.3, -0.25) is 4.18 Å². The highest BCUT2D eigenvalue weighted by molar-refractivity contribution is 9.10. The molecule has 0 N–H and O–H groups in total. The van der Waals surface area contributed by atoms with Crippen molar-refractivity contribution in [2.75, 3.05) is 0 Å². The molecular weight excluding hydrogens is 352 g/mol. The number of benzene rings is 2. The molecule has 5 heteroatoms. The van der Waals surface area contributed by atoms with E-state index in [0.29, 0.717) is 12.8 Å². The Hall–Kier alpha value is -1.17. The molecule has 0 radical (unpaired) electrons. The predicted molar refractivity (Wildman–Crippen MR) is 84.8 cm³/mol. The summed E-state index contributed by atoms with van der Waals surface area (Å²) < 4.78 is 31.0. The molecule has 110 valence electrons. The minimum atomic E-state index is -3.70. The number of hydrogen-bond donors (Lipinski definition) is 0. The highest BCUT2D eigenvalue weighted by Crippen LogP contribution is 2.29. The number of halogens is 1. The van der Waals surface area contributed by atoms with Crippen LogP contribution in [0, 0.1) is 6.92 Å². The van der Waals surface area contributed by atoms with Crippen LogP contribution in [0.2, 0.25) is 0 Å². The Labute approximate surface area is 133 Å². The highest BCUT2D eigenvalue weighted by Gasteiger charge is 2.28. The fraction of sp³-hybridized carbons (Fsp3) is 0.250. The molecule has 3 nitrogen and oxygen atoms in total. The van der Waals surface area contributed by atoms with Crippen LogP contribution in [0.15, 0.2) is 51.8 Å². The normalized spacial score (nSPS) is 17.7. The van der Waals surface area contributed by atoms with Crippen molar-refractivity contribution in [3.8, 4) is 0 Å². The van der Waals surface area contributed by atoms with Gasteiger partial charge in [0, 0.05) is 17.3 Å². The molecule has 1 unspecified atom stereocenters. The summed E-state index contributed by atoms with van der Waals surface area (Å²) >= 11 is 3.43. The number of hydrogen-bond acceptors (Lipinski definition) is 3. The van der Waals surface area contributed by atoms with Crippen LogP contribution in [0.3, 0.4) is 0 Å². The van der Waals surface area contributed by atoms with Crippen LogP contribution in [-0.4, -0.2) is 14.5 Å². The van der Waals surface area contributed by atoms with E-state index in [1.165, 1.54) is 0 Å². The molecule has 0 fully saturated rings. The Morgan fingerprint density at radius 2 is 1.71 bits per heavy atom. The monoisotopic (exact) mass is 366 g/mol. The van der Waals surface area contributed by atoms with Gasteiger partial charge in [0.25, 0.3) is 10.1 Å². The van der Waals surface area contributed by atoms with E-state index >= 15 is 0 Å². The van der Waals surface area contributed by atoms with E-state index in [0.717, 1.165) is 21.2 Å². The first-order valence-corrected chi connectivity index (χ1v) is 8.91. The first-order chi connectivity index (χ1) is 9.94. The van der Waals surface area contributed by atoms with Gasteiger partial charge in [-0.2, -0.15) is 8.42 Å². The molecule has 0 bridgehead atoms. The van der Waals surface area contributed by atoms with E-state index in [-0.39, 0.29) is 11.0 Å². The molecule has 21 heavy (non-hydrogen) atoms. The first kappa shape index (κ1) is 14.8. The fourth-order valence-electron chi connectivity index (χ4n) is 2.55. The molecule has 0 saturated carbocycles. The zero-order chi connectivity index (χ0) is 15.0. The summed E-state index contributed by atoms with van der Waals surface area (Å²) in [5.74, 6) is 0. The van der Waals surface area contributed by atoms with Crippen LogP contribution in [0.5, 0.6) is 0 Å². The van der Waals surface area contributed by atoms with E-state index in [4.69, 9.17) is 4.18 Å². The van der Waals surface area contributed by atoms with Gasteiger partial charge in [-0.25, -0.2) is 0 Å². The Morgan fingerprint density at radius 1 is 1.05 bits per heavy atom. The zero-order valence-corrected chi connectivity index (χ0v) is 13.9. The van der Waals surface area contributed by atoms with Gasteiger partial charge in [0.2, 0.25) is 0 Å². The van der Waals surface area contributed by atoms with Crippen LogP contribution in [0.25, 0.3) is 0 Å². The van der Waals surface area contributed by atoms with Crippen molar-refractivity contribution < 1.29 is 12.6 Å². The second-order valence-corrected chi connectivity index (χ2v) is 7.79.